The minimum atomic E-state index is -0.444. The summed E-state index contributed by atoms with van der Waals surface area (Å²) in [5.41, 5.74) is 12.1. The fourth-order valence-electron chi connectivity index (χ4n) is 3.02. The first-order chi connectivity index (χ1) is 15.1. The topological polar surface area (TPSA) is 136 Å². The predicted molar refractivity (Wildman–Crippen MR) is 127 cm³/mol. The maximum Gasteiger partial charge on any atom is 0.273 e. The summed E-state index contributed by atoms with van der Waals surface area (Å²) >= 11 is 11.7. The number of unbranched alkanes of at least 4 members (excludes halogenated alkanes) is 1. The second-order valence-electron chi connectivity index (χ2n) is 8.13. The van der Waals surface area contributed by atoms with Gasteiger partial charge in [-0.3, -0.25) is 9.59 Å². The lowest BCUT2D eigenvalue weighted by Gasteiger charge is -2.30. The van der Waals surface area contributed by atoms with Crippen molar-refractivity contribution >= 4 is 46.7 Å². The highest BCUT2D eigenvalue weighted by Gasteiger charge is 2.18. The van der Waals surface area contributed by atoms with Crippen molar-refractivity contribution in [3.8, 4) is 0 Å². The van der Waals surface area contributed by atoms with Gasteiger partial charge in [0.15, 0.2) is 22.5 Å². The third kappa shape index (κ3) is 10.1. The van der Waals surface area contributed by atoms with Gasteiger partial charge in [0.2, 0.25) is 5.91 Å². The third-order valence-corrected chi connectivity index (χ3v) is 5.44. The number of anilines is 2. The minimum absolute atomic E-state index is 0. The van der Waals surface area contributed by atoms with Crippen LogP contribution in [0.25, 0.3) is 0 Å². The first kappa shape index (κ1) is 28.9. The van der Waals surface area contributed by atoms with Gasteiger partial charge in [0.1, 0.15) is 0 Å². The van der Waals surface area contributed by atoms with E-state index in [2.05, 4.69) is 34.7 Å². The van der Waals surface area contributed by atoms with Crippen LogP contribution in [0.3, 0.4) is 0 Å². The Morgan fingerprint density at radius 3 is 2.27 bits per heavy atom. The van der Waals surface area contributed by atoms with Gasteiger partial charge in [-0.25, -0.2) is 9.97 Å². The van der Waals surface area contributed by atoms with Crippen LogP contribution < -0.4 is 39.1 Å². The van der Waals surface area contributed by atoms with E-state index < -0.39 is 5.91 Å². The Balaban J connectivity index is 0.00000544. The van der Waals surface area contributed by atoms with Gasteiger partial charge in [-0.1, -0.05) is 35.3 Å². The molecule has 0 spiro atoms. The smallest absolute Gasteiger partial charge is 0.273 e. The minimum Gasteiger partial charge on any atom is -1.00 e. The zero-order valence-corrected chi connectivity index (χ0v) is 21.8. The highest BCUT2D eigenvalue weighted by Crippen LogP contribution is 2.17. The molecule has 1 heterocycles. The first-order valence-electron chi connectivity index (χ1n) is 10.3. The van der Waals surface area contributed by atoms with Crippen LogP contribution in [0.15, 0.2) is 24.3 Å². The maximum atomic E-state index is 12.3. The summed E-state index contributed by atoms with van der Waals surface area (Å²) in [4.78, 5) is 32.0. The van der Waals surface area contributed by atoms with Crippen molar-refractivity contribution in [1.29, 1.82) is 0 Å². The van der Waals surface area contributed by atoms with Crippen molar-refractivity contribution in [1.82, 2.24) is 20.6 Å². The molecule has 1 aromatic heterocycles. The largest absolute Gasteiger partial charge is 1.00 e. The fraction of sp³-hybridized carbons (Fsp3) is 0.429. The van der Waals surface area contributed by atoms with Gasteiger partial charge >= 0.3 is 0 Å². The molecule has 0 radical (unpaired) electrons. The van der Waals surface area contributed by atoms with Gasteiger partial charge in [-0.05, 0) is 30.5 Å². The zero-order valence-electron chi connectivity index (χ0n) is 18.7. The average molecular weight is 563 g/mol. The second-order valence-corrected chi connectivity index (χ2v) is 8.93. The van der Waals surface area contributed by atoms with Gasteiger partial charge < -0.3 is 43.6 Å². The Hall–Kier alpha value is -2.14. The molecule has 1 aromatic carbocycles. The SMILES string of the molecule is C[N+](C)(CCCCNC(=O)Cc1ccc(Cl)cc1)CCNC(=O)c1nc(Cl)c(N)nc1N.[Br-]. The van der Waals surface area contributed by atoms with E-state index in [1.807, 2.05) is 12.1 Å². The lowest BCUT2D eigenvalue weighted by Crippen LogP contribution is -3.00. The second kappa shape index (κ2) is 13.5. The maximum absolute atomic E-state index is 12.3. The van der Waals surface area contributed by atoms with Crippen molar-refractivity contribution in [2.45, 2.75) is 19.3 Å². The van der Waals surface area contributed by atoms with Crippen LogP contribution in [0.4, 0.5) is 11.6 Å². The van der Waals surface area contributed by atoms with E-state index >= 15 is 0 Å². The number of benzene rings is 1. The highest BCUT2D eigenvalue weighted by atomic mass is 79.9. The number of nitrogens with two attached hydrogens (primary N) is 2. The molecule has 0 atom stereocenters. The molecular weight excluding hydrogens is 533 g/mol. The van der Waals surface area contributed by atoms with Crippen LogP contribution >= 0.6 is 23.2 Å². The van der Waals surface area contributed by atoms with Crippen molar-refractivity contribution in [3.63, 3.8) is 0 Å². The molecule has 33 heavy (non-hydrogen) atoms. The number of likely N-dealkylation sites (N-methyl/N-ethyl adjacent to an activating group) is 1. The molecule has 0 unspecified atom stereocenters. The molecule has 0 aliphatic carbocycles. The van der Waals surface area contributed by atoms with E-state index in [9.17, 15) is 9.59 Å². The van der Waals surface area contributed by atoms with Crippen LogP contribution in [0.5, 0.6) is 0 Å². The number of carbonyl (C=O) groups is 2. The molecular formula is C21H30BrCl2N7O2. The van der Waals surface area contributed by atoms with Gasteiger partial charge in [0.05, 0.1) is 40.2 Å². The van der Waals surface area contributed by atoms with Crippen LogP contribution in [0, 0.1) is 0 Å². The van der Waals surface area contributed by atoms with Crippen LogP contribution in [0.1, 0.15) is 28.9 Å². The van der Waals surface area contributed by atoms with Gasteiger partial charge in [-0.15, -0.1) is 0 Å². The molecule has 6 N–H and O–H groups in total. The monoisotopic (exact) mass is 561 g/mol. The molecule has 0 saturated heterocycles. The number of hydrogen-bond acceptors (Lipinski definition) is 6. The molecule has 2 rings (SSSR count). The molecule has 0 aliphatic rings. The first-order valence-corrected chi connectivity index (χ1v) is 11.0. The molecule has 0 saturated carbocycles. The van der Waals surface area contributed by atoms with Gasteiger partial charge in [-0.2, -0.15) is 0 Å². The van der Waals surface area contributed by atoms with E-state index in [0.29, 0.717) is 35.6 Å². The standard InChI is InChI=1S/C21H29Cl2N7O2.BrH/c1-30(2,12-10-27-21(32)17-19(24)29-20(25)18(23)28-17)11-4-3-9-26-16(31)13-14-5-7-15(22)8-6-14;/h5-8H,3-4,9-13H2,1-2H3,(H5-,24,25,26,27,29,31,32);1H. The summed E-state index contributed by atoms with van der Waals surface area (Å²) in [6.07, 6.45) is 2.15. The lowest BCUT2D eigenvalue weighted by atomic mass is 10.1. The summed E-state index contributed by atoms with van der Waals surface area (Å²) in [5, 5.41) is 6.33. The van der Waals surface area contributed by atoms with Gasteiger partial charge in [0, 0.05) is 11.6 Å². The van der Waals surface area contributed by atoms with Crippen LogP contribution in [-0.2, 0) is 11.2 Å². The fourth-order valence-corrected chi connectivity index (χ4v) is 3.27. The van der Waals surface area contributed by atoms with Crippen LogP contribution in [0.2, 0.25) is 10.2 Å². The lowest BCUT2D eigenvalue weighted by molar-refractivity contribution is -0.889. The van der Waals surface area contributed by atoms with Crippen molar-refractivity contribution in [2.75, 3.05) is 51.7 Å². The number of amides is 2. The predicted octanol–water partition coefficient (Wildman–Crippen LogP) is -1.10. The molecule has 9 nitrogen and oxygen atoms in total. The van der Waals surface area contributed by atoms with Crippen molar-refractivity contribution < 1.29 is 31.1 Å². The summed E-state index contributed by atoms with van der Waals surface area (Å²) in [7, 11) is 4.17. The Kier molecular flexibility index (Phi) is 11.9. The summed E-state index contributed by atoms with van der Waals surface area (Å²) in [6, 6.07) is 7.26. The number of nitrogens with one attached hydrogen (secondary N) is 2. The molecule has 2 amide bonds. The molecule has 182 valence electrons. The Labute approximate surface area is 214 Å². The number of hydrogen-bond donors (Lipinski definition) is 4. The molecule has 0 aliphatic heterocycles. The van der Waals surface area contributed by atoms with Crippen molar-refractivity contribution in [3.05, 3.63) is 45.7 Å². The Bertz CT molecular complexity index is 943. The number of nitrogen functional groups attached to an aromatic ring is 2. The van der Waals surface area contributed by atoms with E-state index in [1.54, 1.807) is 12.1 Å². The van der Waals surface area contributed by atoms with Gasteiger partial charge in [0.25, 0.3) is 5.91 Å². The average Bonchev–Trinajstić information content (AvgIpc) is 2.72. The summed E-state index contributed by atoms with van der Waals surface area (Å²) in [6.45, 7) is 2.68. The van der Waals surface area contributed by atoms with E-state index in [4.69, 9.17) is 34.7 Å². The number of halogens is 3. The number of quaternary nitrogens is 1. The number of carbonyl (C=O) groups excluding carboxylic acids is 2. The number of nitrogens with zero attached hydrogens (tertiary/aromatic N) is 3. The quantitative estimate of drug-likeness (QED) is 0.203. The zero-order chi connectivity index (χ0) is 23.7. The third-order valence-electron chi connectivity index (χ3n) is 4.91. The van der Waals surface area contributed by atoms with Crippen molar-refractivity contribution in [2.24, 2.45) is 0 Å². The normalized spacial score (nSPS) is 10.9. The Morgan fingerprint density at radius 1 is 0.939 bits per heavy atom. The highest BCUT2D eigenvalue weighted by molar-refractivity contribution is 6.31. The molecule has 2 aromatic rings. The summed E-state index contributed by atoms with van der Waals surface area (Å²) < 4.78 is 0.711. The molecule has 0 bridgehead atoms. The summed E-state index contributed by atoms with van der Waals surface area (Å²) in [5.74, 6) is -0.523. The van der Waals surface area contributed by atoms with Crippen LogP contribution in [-0.4, -0.2) is 66.5 Å². The number of rotatable bonds is 11. The molecule has 0 fully saturated rings. The number of aromatic nitrogens is 2. The Morgan fingerprint density at radius 2 is 1.61 bits per heavy atom. The molecule has 12 heteroatoms. The van der Waals surface area contributed by atoms with E-state index in [0.717, 1.165) is 24.9 Å². The van der Waals surface area contributed by atoms with E-state index in [1.165, 1.54) is 0 Å². The van der Waals surface area contributed by atoms with E-state index in [-0.39, 0.29) is 45.4 Å².